The van der Waals surface area contributed by atoms with Crippen molar-refractivity contribution in [1.82, 2.24) is 0 Å². The predicted molar refractivity (Wildman–Crippen MR) is 100 cm³/mol. The van der Waals surface area contributed by atoms with Gasteiger partial charge in [-0.15, -0.1) is 0 Å². The second kappa shape index (κ2) is 7.21. The number of rotatable bonds is 3. The number of aliphatic imine (C=N–C) groups is 1. The van der Waals surface area contributed by atoms with E-state index >= 15 is 0 Å². The molecule has 1 heterocycles. The van der Waals surface area contributed by atoms with Gasteiger partial charge in [0.05, 0.1) is 11.2 Å². The van der Waals surface area contributed by atoms with Gasteiger partial charge >= 0.3 is 7.12 Å². The first-order valence-corrected chi connectivity index (χ1v) is 8.87. The number of aryl methyl sites for hydroxylation is 1. The topological polar surface area (TPSA) is 30.8 Å². The highest BCUT2D eigenvalue weighted by Crippen LogP contribution is 2.37. The van der Waals surface area contributed by atoms with Crippen LogP contribution in [0.2, 0.25) is 0 Å². The Morgan fingerprint density at radius 1 is 0.828 bits per heavy atom. The molecule has 154 valence electrons. The van der Waals surface area contributed by atoms with E-state index in [9.17, 15) is 22.0 Å². The minimum absolute atomic E-state index is 0.359. The Kier molecular flexibility index (Phi) is 5.34. The van der Waals surface area contributed by atoms with Gasteiger partial charge in [-0.25, -0.2) is 26.9 Å². The highest BCUT2D eigenvalue weighted by atomic mass is 19.2. The molecule has 0 aliphatic carbocycles. The van der Waals surface area contributed by atoms with E-state index in [0.29, 0.717) is 11.0 Å². The van der Waals surface area contributed by atoms with Gasteiger partial charge in [0.15, 0.2) is 23.3 Å². The van der Waals surface area contributed by atoms with E-state index in [-0.39, 0.29) is 0 Å². The Bertz CT molecular complexity index is 962. The first kappa shape index (κ1) is 21.5. The molecule has 1 aliphatic heterocycles. The van der Waals surface area contributed by atoms with Crippen LogP contribution in [0.15, 0.2) is 23.2 Å². The zero-order valence-electron chi connectivity index (χ0n) is 16.5. The second-order valence-electron chi connectivity index (χ2n) is 7.90. The molecule has 2 aromatic carbocycles. The Morgan fingerprint density at radius 2 is 1.31 bits per heavy atom. The van der Waals surface area contributed by atoms with Crippen molar-refractivity contribution in [1.29, 1.82) is 0 Å². The largest absolute Gasteiger partial charge is 0.495 e. The van der Waals surface area contributed by atoms with Gasteiger partial charge in [-0.05, 0) is 45.6 Å². The summed E-state index contributed by atoms with van der Waals surface area (Å²) in [6.07, 6.45) is 1.03. The number of hydrogen-bond donors (Lipinski definition) is 0. The molecule has 1 saturated heterocycles. The van der Waals surface area contributed by atoms with Crippen LogP contribution in [-0.2, 0) is 9.31 Å². The maximum absolute atomic E-state index is 13.9. The van der Waals surface area contributed by atoms with E-state index in [4.69, 9.17) is 9.31 Å². The summed E-state index contributed by atoms with van der Waals surface area (Å²) in [5.41, 5.74) is -0.770. The molecular weight excluding hydrogens is 392 g/mol. The average Bonchev–Trinajstić information content (AvgIpc) is 2.86. The van der Waals surface area contributed by atoms with E-state index in [2.05, 4.69) is 4.99 Å². The molecule has 0 unspecified atom stereocenters. The summed E-state index contributed by atoms with van der Waals surface area (Å²) in [6.45, 7) is 9.30. The van der Waals surface area contributed by atoms with Crippen molar-refractivity contribution in [2.24, 2.45) is 4.99 Å². The minimum atomic E-state index is -2.23. The average molecular weight is 411 g/mol. The molecule has 0 saturated carbocycles. The second-order valence-corrected chi connectivity index (χ2v) is 7.90. The van der Waals surface area contributed by atoms with Gasteiger partial charge in [0, 0.05) is 6.21 Å². The molecule has 0 spiro atoms. The number of halogens is 5. The summed E-state index contributed by atoms with van der Waals surface area (Å²) in [6, 6.07) is 5.07. The van der Waals surface area contributed by atoms with Gasteiger partial charge < -0.3 is 9.31 Å². The van der Waals surface area contributed by atoms with Crippen LogP contribution in [-0.4, -0.2) is 24.5 Å². The van der Waals surface area contributed by atoms with Crippen molar-refractivity contribution in [2.45, 2.75) is 45.8 Å². The van der Waals surface area contributed by atoms with E-state index < -0.39 is 53.1 Å². The molecule has 3 rings (SSSR count). The first-order chi connectivity index (χ1) is 13.4. The van der Waals surface area contributed by atoms with Crippen LogP contribution >= 0.6 is 0 Å². The normalized spacial score (nSPS) is 18.1. The Morgan fingerprint density at radius 3 is 1.83 bits per heavy atom. The van der Waals surface area contributed by atoms with Crippen molar-refractivity contribution in [3.8, 4) is 0 Å². The van der Waals surface area contributed by atoms with Crippen molar-refractivity contribution < 1.29 is 31.3 Å². The zero-order chi connectivity index (χ0) is 21.7. The van der Waals surface area contributed by atoms with E-state index in [1.165, 1.54) is 0 Å². The molecular formula is C20H19BF5NO2. The SMILES string of the molecule is Cc1ccc(C=Nc2c(F)c(F)c(F)c(F)c2F)c(B2OC(C)(C)C(C)(C)O2)c1. The molecule has 1 fully saturated rings. The number of hydrogen-bond acceptors (Lipinski definition) is 3. The summed E-state index contributed by atoms with van der Waals surface area (Å²) in [7, 11) is -0.794. The zero-order valence-corrected chi connectivity index (χ0v) is 16.5. The number of benzene rings is 2. The van der Waals surface area contributed by atoms with E-state index in [1.54, 1.807) is 18.2 Å². The van der Waals surface area contributed by atoms with E-state index in [0.717, 1.165) is 11.8 Å². The quantitative estimate of drug-likeness (QED) is 0.240. The fourth-order valence-electron chi connectivity index (χ4n) is 2.83. The maximum Gasteiger partial charge on any atom is 0.495 e. The fraction of sp³-hybridized carbons (Fsp3) is 0.350. The third-order valence-electron chi connectivity index (χ3n) is 5.27. The van der Waals surface area contributed by atoms with Gasteiger partial charge in [0.1, 0.15) is 5.69 Å². The van der Waals surface area contributed by atoms with Crippen LogP contribution in [0, 0.1) is 36.0 Å². The van der Waals surface area contributed by atoms with Crippen LogP contribution in [0.1, 0.15) is 38.8 Å². The first-order valence-electron chi connectivity index (χ1n) is 8.87. The highest BCUT2D eigenvalue weighted by Gasteiger charge is 2.52. The molecule has 0 N–H and O–H groups in total. The molecule has 9 heteroatoms. The standard InChI is InChI=1S/C20H19BF5NO2/c1-10-6-7-11(12(8-10)21-28-19(2,3)20(4,5)29-21)9-27-18-16(25)14(23)13(22)15(24)17(18)26/h6-9H,1-5H3. The van der Waals surface area contributed by atoms with Crippen LogP contribution in [0.5, 0.6) is 0 Å². The van der Waals surface area contributed by atoms with Gasteiger partial charge in [-0.3, -0.25) is 0 Å². The molecule has 0 amide bonds. The van der Waals surface area contributed by atoms with Crippen LogP contribution in [0.25, 0.3) is 0 Å². The minimum Gasteiger partial charge on any atom is -0.399 e. The van der Waals surface area contributed by atoms with Gasteiger partial charge in [-0.1, -0.05) is 23.8 Å². The predicted octanol–water partition coefficient (Wildman–Crippen LogP) is 4.74. The third kappa shape index (κ3) is 3.69. The van der Waals surface area contributed by atoms with E-state index in [1.807, 2.05) is 34.6 Å². The Balaban J connectivity index is 2.05. The summed E-state index contributed by atoms with van der Waals surface area (Å²) in [4.78, 5) is 3.54. The van der Waals surface area contributed by atoms with Gasteiger partial charge in [0.2, 0.25) is 5.82 Å². The van der Waals surface area contributed by atoms with Crippen molar-refractivity contribution >= 4 is 24.5 Å². The van der Waals surface area contributed by atoms with Crippen LogP contribution in [0.4, 0.5) is 27.6 Å². The molecule has 1 aliphatic rings. The van der Waals surface area contributed by atoms with Crippen LogP contribution in [0.3, 0.4) is 0 Å². The van der Waals surface area contributed by atoms with Crippen molar-refractivity contribution in [2.75, 3.05) is 0 Å². The van der Waals surface area contributed by atoms with Crippen LogP contribution < -0.4 is 5.46 Å². The lowest BCUT2D eigenvalue weighted by Crippen LogP contribution is -2.41. The molecule has 3 nitrogen and oxygen atoms in total. The Hall–Kier alpha value is -2.26. The van der Waals surface area contributed by atoms with Crippen molar-refractivity contribution in [3.63, 3.8) is 0 Å². The van der Waals surface area contributed by atoms with Crippen molar-refractivity contribution in [3.05, 3.63) is 58.4 Å². The summed E-state index contributed by atoms with van der Waals surface area (Å²) in [5, 5.41) is 0. The lowest BCUT2D eigenvalue weighted by molar-refractivity contribution is 0.00578. The van der Waals surface area contributed by atoms with Gasteiger partial charge in [-0.2, -0.15) is 0 Å². The molecule has 0 bridgehead atoms. The molecule has 0 radical (unpaired) electrons. The molecule has 0 atom stereocenters. The third-order valence-corrected chi connectivity index (χ3v) is 5.27. The smallest absolute Gasteiger partial charge is 0.399 e. The fourth-order valence-corrected chi connectivity index (χ4v) is 2.83. The monoisotopic (exact) mass is 411 g/mol. The summed E-state index contributed by atoms with van der Waals surface area (Å²) < 4.78 is 79.8. The van der Waals surface area contributed by atoms with Gasteiger partial charge in [0.25, 0.3) is 0 Å². The molecule has 2 aromatic rings. The lowest BCUT2D eigenvalue weighted by Gasteiger charge is -2.32. The summed E-state index contributed by atoms with van der Waals surface area (Å²) in [5.74, 6) is -10.3. The highest BCUT2D eigenvalue weighted by molar-refractivity contribution is 6.63. The summed E-state index contributed by atoms with van der Waals surface area (Å²) >= 11 is 0. The Labute approximate surface area is 165 Å². The maximum atomic E-state index is 13.9. The lowest BCUT2D eigenvalue weighted by atomic mass is 9.75. The molecule has 0 aromatic heterocycles. The molecule has 29 heavy (non-hydrogen) atoms. The number of nitrogens with zero attached hydrogens (tertiary/aromatic N) is 1.